The SMILES string of the molecule is CSc1cccc(S(=O)(=O)n2cc(CN(C)C(=O)OC(C)(C)C)cc2-c2ccccc2F)c1. The zero-order valence-electron chi connectivity index (χ0n) is 19.2. The zero-order chi connectivity index (χ0) is 24.4. The molecule has 1 amide bonds. The van der Waals surface area contributed by atoms with E-state index in [9.17, 15) is 17.6 Å². The quantitative estimate of drug-likeness (QED) is 0.420. The predicted molar refractivity (Wildman–Crippen MR) is 128 cm³/mol. The number of amides is 1. The van der Waals surface area contributed by atoms with Gasteiger partial charge in [0.05, 0.1) is 17.1 Å². The summed E-state index contributed by atoms with van der Waals surface area (Å²) in [5.41, 5.74) is 0.177. The smallest absolute Gasteiger partial charge is 0.410 e. The first kappa shape index (κ1) is 24.9. The molecule has 0 N–H and O–H groups in total. The van der Waals surface area contributed by atoms with E-state index in [-0.39, 0.29) is 22.7 Å². The summed E-state index contributed by atoms with van der Waals surface area (Å²) >= 11 is 1.43. The van der Waals surface area contributed by atoms with Crippen LogP contribution in [0.1, 0.15) is 26.3 Å². The van der Waals surface area contributed by atoms with E-state index in [1.54, 1.807) is 58.2 Å². The van der Waals surface area contributed by atoms with E-state index in [1.807, 2.05) is 12.3 Å². The number of hydrogen-bond acceptors (Lipinski definition) is 5. The van der Waals surface area contributed by atoms with Crippen molar-refractivity contribution >= 4 is 27.9 Å². The van der Waals surface area contributed by atoms with Gasteiger partial charge < -0.3 is 9.64 Å². The maximum atomic E-state index is 14.7. The molecule has 33 heavy (non-hydrogen) atoms. The molecule has 0 bridgehead atoms. The minimum absolute atomic E-state index is 0.0870. The van der Waals surface area contributed by atoms with Gasteiger partial charge in [-0.25, -0.2) is 21.6 Å². The van der Waals surface area contributed by atoms with Gasteiger partial charge in [-0.1, -0.05) is 18.2 Å². The van der Waals surface area contributed by atoms with E-state index < -0.39 is 27.5 Å². The van der Waals surface area contributed by atoms with Crippen LogP contribution in [-0.2, 0) is 21.3 Å². The highest BCUT2D eigenvalue weighted by Gasteiger charge is 2.25. The first-order valence-electron chi connectivity index (χ1n) is 10.2. The Morgan fingerprint density at radius 3 is 2.45 bits per heavy atom. The zero-order valence-corrected chi connectivity index (χ0v) is 20.8. The van der Waals surface area contributed by atoms with Gasteiger partial charge in [0.25, 0.3) is 10.0 Å². The monoisotopic (exact) mass is 490 g/mol. The largest absolute Gasteiger partial charge is 0.444 e. The van der Waals surface area contributed by atoms with Gasteiger partial charge in [0.15, 0.2) is 0 Å². The Morgan fingerprint density at radius 1 is 1.12 bits per heavy atom. The van der Waals surface area contributed by atoms with Crippen molar-refractivity contribution in [2.45, 2.75) is 42.7 Å². The second-order valence-corrected chi connectivity index (χ2v) is 11.2. The van der Waals surface area contributed by atoms with Gasteiger partial charge in [-0.2, -0.15) is 0 Å². The second-order valence-electron chi connectivity index (χ2n) is 8.53. The fourth-order valence-electron chi connectivity index (χ4n) is 3.20. The Morgan fingerprint density at radius 2 is 1.82 bits per heavy atom. The van der Waals surface area contributed by atoms with Crippen LogP contribution >= 0.6 is 11.8 Å². The van der Waals surface area contributed by atoms with Crippen molar-refractivity contribution in [3.05, 3.63) is 72.2 Å². The van der Waals surface area contributed by atoms with Crippen LogP contribution in [0.2, 0.25) is 0 Å². The average Bonchev–Trinajstić information content (AvgIpc) is 3.17. The Bertz CT molecular complexity index is 1260. The second kappa shape index (κ2) is 9.61. The molecule has 0 unspecified atom stereocenters. The van der Waals surface area contributed by atoms with E-state index >= 15 is 0 Å². The Balaban J connectivity index is 2.08. The summed E-state index contributed by atoms with van der Waals surface area (Å²) in [6.07, 6.45) is 2.73. The molecule has 1 heterocycles. The van der Waals surface area contributed by atoms with Crippen LogP contribution in [-0.4, -0.2) is 42.3 Å². The van der Waals surface area contributed by atoms with Crippen LogP contribution in [0.4, 0.5) is 9.18 Å². The lowest BCUT2D eigenvalue weighted by Gasteiger charge is -2.24. The van der Waals surface area contributed by atoms with E-state index in [4.69, 9.17) is 4.74 Å². The van der Waals surface area contributed by atoms with Crippen LogP contribution in [0, 0.1) is 5.82 Å². The Hall–Kier alpha value is -2.78. The molecule has 0 atom stereocenters. The Kier molecular flexibility index (Phi) is 7.23. The fraction of sp³-hybridized carbons (Fsp3) is 0.292. The average molecular weight is 491 g/mol. The summed E-state index contributed by atoms with van der Waals surface area (Å²) in [7, 11) is -2.47. The molecule has 3 aromatic rings. The number of ether oxygens (including phenoxy) is 1. The number of carbonyl (C=O) groups is 1. The molecule has 3 rings (SSSR count). The van der Waals surface area contributed by atoms with Crippen molar-refractivity contribution in [2.24, 2.45) is 0 Å². The third kappa shape index (κ3) is 5.78. The summed E-state index contributed by atoms with van der Waals surface area (Å²) in [6, 6.07) is 14.1. The number of rotatable bonds is 6. The first-order valence-corrected chi connectivity index (χ1v) is 12.9. The van der Waals surface area contributed by atoms with Crippen LogP contribution in [0.15, 0.2) is 70.6 Å². The van der Waals surface area contributed by atoms with Gasteiger partial charge >= 0.3 is 6.09 Å². The van der Waals surface area contributed by atoms with Crippen molar-refractivity contribution in [3.63, 3.8) is 0 Å². The van der Waals surface area contributed by atoms with Gasteiger partial charge in [-0.3, -0.25) is 0 Å². The van der Waals surface area contributed by atoms with Crippen LogP contribution in [0.25, 0.3) is 11.3 Å². The number of aromatic nitrogens is 1. The fourth-order valence-corrected chi connectivity index (χ4v) is 5.17. The van der Waals surface area contributed by atoms with Crippen molar-refractivity contribution in [1.29, 1.82) is 0 Å². The number of benzene rings is 2. The highest BCUT2D eigenvalue weighted by molar-refractivity contribution is 7.98. The molecule has 0 fully saturated rings. The lowest BCUT2D eigenvalue weighted by atomic mass is 10.1. The minimum atomic E-state index is -4.03. The molecule has 0 saturated carbocycles. The van der Waals surface area contributed by atoms with E-state index in [2.05, 4.69) is 0 Å². The minimum Gasteiger partial charge on any atom is -0.444 e. The van der Waals surface area contributed by atoms with Gasteiger partial charge in [-0.15, -0.1) is 11.8 Å². The van der Waals surface area contributed by atoms with E-state index in [1.165, 1.54) is 41.1 Å². The molecular weight excluding hydrogens is 463 g/mol. The van der Waals surface area contributed by atoms with Crippen molar-refractivity contribution in [3.8, 4) is 11.3 Å². The maximum Gasteiger partial charge on any atom is 0.410 e. The lowest BCUT2D eigenvalue weighted by Crippen LogP contribution is -2.33. The summed E-state index contributed by atoms with van der Waals surface area (Å²) in [5.74, 6) is -0.544. The molecule has 0 radical (unpaired) electrons. The van der Waals surface area contributed by atoms with Crippen LogP contribution in [0.3, 0.4) is 0 Å². The molecule has 9 heteroatoms. The molecule has 6 nitrogen and oxygen atoms in total. The number of carbonyl (C=O) groups excluding carboxylic acids is 1. The third-order valence-corrected chi connectivity index (χ3v) is 7.11. The van der Waals surface area contributed by atoms with Crippen molar-refractivity contribution in [2.75, 3.05) is 13.3 Å². The van der Waals surface area contributed by atoms with Gasteiger partial charge in [0.2, 0.25) is 0 Å². The molecule has 1 aromatic heterocycles. The maximum absolute atomic E-state index is 14.7. The first-order chi connectivity index (χ1) is 15.4. The standard InChI is InChI=1S/C24H27FN2O4S2/c1-24(2,3)31-23(28)26(4)15-17-13-22(20-11-6-7-12-21(20)25)27(16-17)33(29,30)19-10-8-9-18(14-19)32-5/h6-14,16H,15H2,1-5H3. The summed E-state index contributed by atoms with van der Waals surface area (Å²) in [4.78, 5) is 14.6. The molecule has 0 spiro atoms. The normalized spacial score (nSPS) is 11.9. The third-order valence-electron chi connectivity index (χ3n) is 4.72. The highest BCUT2D eigenvalue weighted by Crippen LogP contribution is 2.30. The highest BCUT2D eigenvalue weighted by atomic mass is 32.2. The van der Waals surface area contributed by atoms with Gasteiger partial charge in [0.1, 0.15) is 11.4 Å². The summed E-state index contributed by atoms with van der Waals surface area (Å²) in [6.45, 7) is 5.38. The lowest BCUT2D eigenvalue weighted by molar-refractivity contribution is 0.0285. The van der Waals surface area contributed by atoms with Gasteiger partial charge in [0, 0.05) is 23.7 Å². The van der Waals surface area contributed by atoms with Crippen LogP contribution in [0.5, 0.6) is 0 Å². The van der Waals surface area contributed by atoms with Gasteiger partial charge in [-0.05, 0) is 69.0 Å². The number of halogens is 1. The van der Waals surface area contributed by atoms with Crippen LogP contribution < -0.4 is 0 Å². The Labute approximate surface area is 198 Å². The van der Waals surface area contributed by atoms with Crippen molar-refractivity contribution < 1.29 is 22.3 Å². The van der Waals surface area contributed by atoms with E-state index in [0.717, 1.165) is 8.87 Å². The molecule has 0 saturated heterocycles. The topological polar surface area (TPSA) is 68.6 Å². The molecule has 176 valence electrons. The molecule has 0 aliphatic heterocycles. The summed E-state index contributed by atoms with van der Waals surface area (Å²) in [5, 5.41) is 0. The number of hydrogen-bond donors (Lipinski definition) is 0. The predicted octanol–water partition coefficient (Wildman–Crippen LogP) is 5.62. The molecule has 0 aliphatic carbocycles. The van der Waals surface area contributed by atoms with Crippen molar-refractivity contribution in [1.82, 2.24) is 8.87 Å². The molecular formula is C24H27FN2O4S2. The number of nitrogens with zero attached hydrogens (tertiary/aromatic N) is 2. The number of thioether (sulfide) groups is 1. The molecule has 2 aromatic carbocycles. The summed E-state index contributed by atoms with van der Waals surface area (Å²) < 4.78 is 48.2. The molecule has 0 aliphatic rings. The van der Waals surface area contributed by atoms with E-state index in [0.29, 0.717) is 5.56 Å².